The van der Waals surface area contributed by atoms with Crippen molar-refractivity contribution < 1.29 is 19.4 Å². The summed E-state index contributed by atoms with van der Waals surface area (Å²) in [6.45, 7) is 10.5. The molecule has 0 aliphatic heterocycles. The maximum atomic E-state index is 11.7. The van der Waals surface area contributed by atoms with Crippen LogP contribution < -0.4 is 15.4 Å². The van der Waals surface area contributed by atoms with Crippen LogP contribution in [0.25, 0.3) is 0 Å². The van der Waals surface area contributed by atoms with E-state index in [-0.39, 0.29) is 11.3 Å². The molecule has 23 heavy (non-hydrogen) atoms. The second-order valence-corrected chi connectivity index (χ2v) is 7.10. The van der Waals surface area contributed by atoms with E-state index in [0.29, 0.717) is 18.8 Å². The summed E-state index contributed by atoms with van der Waals surface area (Å²) in [4.78, 5) is 11.7. The van der Waals surface area contributed by atoms with Gasteiger partial charge >= 0.3 is 6.09 Å². The molecule has 0 heterocycles. The number of hydrogen-bond donors (Lipinski definition) is 3. The lowest BCUT2D eigenvalue weighted by atomic mass is 10.0. The SMILES string of the molecule is COc1cc(CNC(C)(C)CNC(=O)OC(C)(C)C)ccc1O. The molecule has 1 aromatic rings. The van der Waals surface area contributed by atoms with Crippen LogP contribution in [0.1, 0.15) is 40.2 Å². The first-order chi connectivity index (χ1) is 10.5. The molecule has 0 saturated heterocycles. The number of ether oxygens (including phenoxy) is 2. The number of methoxy groups -OCH3 is 1. The number of carbonyl (C=O) groups excluding carboxylic acids is 1. The summed E-state index contributed by atoms with van der Waals surface area (Å²) in [6, 6.07) is 5.20. The average molecular weight is 324 g/mol. The second kappa shape index (κ2) is 7.55. The van der Waals surface area contributed by atoms with Gasteiger partial charge in [-0.2, -0.15) is 0 Å². The number of carbonyl (C=O) groups is 1. The van der Waals surface area contributed by atoms with Crippen LogP contribution in [-0.2, 0) is 11.3 Å². The highest BCUT2D eigenvalue weighted by Gasteiger charge is 2.21. The zero-order chi connectivity index (χ0) is 17.7. The Morgan fingerprint density at radius 2 is 1.87 bits per heavy atom. The number of alkyl carbamates (subject to hydrolysis) is 1. The zero-order valence-corrected chi connectivity index (χ0v) is 14.8. The average Bonchev–Trinajstić information content (AvgIpc) is 2.43. The van der Waals surface area contributed by atoms with Gasteiger partial charge in [-0.1, -0.05) is 6.07 Å². The Labute approximate surface area is 138 Å². The largest absolute Gasteiger partial charge is 0.504 e. The normalized spacial score (nSPS) is 11.9. The Morgan fingerprint density at radius 3 is 2.43 bits per heavy atom. The van der Waals surface area contributed by atoms with Gasteiger partial charge in [0.1, 0.15) is 5.60 Å². The number of amides is 1. The third-order valence-corrected chi connectivity index (χ3v) is 3.09. The van der Waals surface area contributed by atoms with Crippen molar-refractivity contribution in [2.45, 2.75) is 52.3 Å². The predicted molar refractivity (Wildman–Crippen MR) is 89.8 cm³/mol. The fourth-order valence-corrected chi connectivity index (χ4v) is 1.84. The molecule has 0 aliphatic rings. The van der Waals surface area contributed by atoms with E-state index in [1.54, 1.807) is 12.1 Å². The molecule has 1 aromatic carbocycles. The van der Waals surface area contributed by atoms with E-state index in [1.165, 1.54) is 7.11 Å². The molecule has 6 heteroatoms. The molecule has 0 unspecified atom stereocenters. The van der Waals surface area contributed by atoms with Crippen molar-refractivity contribution in [2.75, 3.05) is 13.7 Å². The monoisotopic (exact) mass is 324 g/mol. The Kier molecular flexibility index (Phi) is 6.27. The van der Waals surface area contributed by atoms with Gasteiger partial charge in [-0.25, -0.2) is 4.79 Å². The number of benzene rings is 1. The van der Waals surface area contributed by atoms with Crippen LogP contribution in [0.15, 0.2) is 18.2 Å². The highest BCUT2D eigenvalue weighted by Crippen LogP contribution is 2.26. The molecule has 0 atom stereocenters. The zero-order valence-electron chi connectivity index (χ0n) is 14.8. The second-order valence-electron chi connectivity index (χ2n) is 7.10. The number of rotatable bonds is 6. The topological polar surface area (TPSA) is 79.8 Å². The van der Waals surface area contributed by atoms with Crippen molar-refractivity contribution in [3.05, 3.63) is 23.8 Å². The molecule has 0 spiro atoms. The maximum absolute atomic E-state index is 11.7. The van der Waals surface area contributed by atoms with E-state index in [2.05, 4.69) is 10.6 Å². The van der Waals surface area contributed by atoms with Gasteiger partial charge in [-0.15, -0.1) is 0 Å². The van der Waals surface area contributed by atoms with Crippen LogP contribution in [0.4, 0.5) is 4.79 Å². The summed E-state index contributed by atoms with van der Waals surface area (Å²) in [7, 11) is 1.51. The molecule has 0 radical (unpaired) electrons. The van der Waals surface area contributed by atoms with Crippen LogP contribution in [0.5, 0.6) is 11.5 Å². The molecule has 0 saturated carbocycles. The highest BCUT2D eigenvalue weighted by molar-refractivity contribution is 5.67. The first-order valence-electron chi connectivity index (χ1n) is 7.60. The van der Waals surface area contributed by atoms with E-state index < -0.39 is 11.7 Å². The summed E-state index contributed by atoms with van der Waals surface area (Å²) in [6.07, 6.45) is -0.432. The smallest absolute Gasteiger partial charge is 0.407 e. The summed E-state index contributed by atoms with van der Waals surface area (Å²) < 4.78 is 10.3. The van der Waals surface area contributed by atoms with Crippen LogP contribution in [0.3, 0.4) is 0 Å². The van der Waals surface area contributed by atoms with Crippen LogP contribution in [0, 0.1) is 0 Å². The summed E-state index contributed by atoms with van der Waals surface area (Å²) in [5, 5.41) is 15.7. The first kappa shape index (κ1) is 19.1. The van der Waals surface area contributed by atoms with E-state index in [0.717, 1.165) is 5.56 Å². The van der Waals surface area contributed by atoms with Crippen LogP contribution in [-0.4, -0.2) is 36.0 Å². The van der Waals surface area contributed by atoms with Crippen molar-refractivity contribution in [1.82, 2.24) is 10.6 Å². The number of nitrogens with one attached hydrogen (secondary N) is 2. The lowest BCUT2D eigenvalue weighted by Crippen LogP contribution is -2.49. The fraction of sp³-hybridized carbons (Fsp3) is 0.588. The van der Waals surface area contributed by atoms with Crippen LogP contribution in [0.2, 0.25) is 0 Å². The number of hydrogen-bond acceptors (Lipinski definition) is 5. The molecule has 3 N–H and O–H groups in total. The van der Waals surface area contributed by atoms with Crippen molar-refractivity contribution in [3.63, 3.8) is 0 Å². The minimum absolute atomic E-state index is 0.113. The van der Waals surface area contributed by atoms with Gasteiger partial charge in [0.15, 0.2) is 11.5 Å². The quantitative estimate of drug-likeness (QED) is 0.750. The maximum Gasteiger partial charge on any atom is 0.407 e. The lowest BCUT2D eigenvalue weighted by molar-refractivity contribution is 0.0513. The third-order valence-electron chi connectivity index (χ3n) is 3.09. The molecule has 0 bridgehead atoms. The Bertz CT molecular complexity index is 536. The van der Waals surface area contributed by atoms with Crippen molar-refractivity contribution in [3.8, 4) is 11.5 Å². The molecular formula is C17H28N2O4. The van der Waals surface area contributed by atoms with E-state index >= 15 is 0 Å². The van der Waals surface area contributed by atoms with Crippen molar-refractivity contribution in [2.24, 2.45) is 0 Å². The fourth-order valence-electron chi connectivity index (χ4n) is 1.84. The molecule has 6 nitrogen and oxygen atoms in total. The third kappa shape index (κ3) is 7.23. The van der Waals surface area contributed by atoms with Gasteiger partial charge in [0.25, 0.3) is 0 Å². The van der Waals surface area contributed by atoms with E-state index in [1.807, 2.05) is 40.7 Å². The molecule has 0 aliphatic carbocycles. The van der Waals surface area contributed by atoms with Gasteiger partial charge in [0, 0.05) is 18.6 Å². The Balaban J connectivity index is 2.50. The molecule has 0 fully saturated rings. The minimum Gasteiger partial charge on any atom is -0.504 e. The molecule has 1 amide bonds. The van der Waals surface area contributed by atoms with Crippen molar-refractivity contribution >= 4 is 6.09 Å². The summed E-state index contributed by atoms with van der Waals surface area (Å²) >= 11 is 0. The standard InChI is InChI=1S/C17H28N2O4/c1-16(2,3)23-15(21)18-11-17(4,5)19-10-12-7-8-13(20)14(9-12)22-6/h7-9,19-20H,10-11H2,1-6H3,(H,18,21). The number of phenolic OH excluding ortho intramolecular Hbond substituents is 1. The Morgan fingerprint density at radius 1 is 1.22 bits per heavy atom. The summed E-state index contributed by atoms with van der Waals surface area (Å²) in [5.74, 6) is 0.552. The van der Waals surface area contributed by atoms with Gasteiger partial charge < -0.3 is 25.2 Å². The molecule has 1 rings (SSSR count). The minimum atomic E-state index is -0.510. The first-order valence-corrected chi connectivity index (χ1v) is 7.60. The van der Waals surface area contributed by atoms with Gasteiger partial charge in [-0.05, 0) is 52.3 Å². The summed E-state index contributed by atoms with van der Waals surface area (Å²) in [5.41, 5.74) is 0.150. The lowest BCUT2D eigenvalue weighted by Gasteiger charge is -2.28. The molecule has 0 aromatic heterocycles. The van der Waals surface area contributed by atoms with Gasteiger partial charge in [0.05, 0.1) is 7.11 Å². The predicted octanol–water partition coefficient (Wildman–Crippen LogP) is 2.79. The number of aromatic hydroxyl groups is 1. The highest BCUT2D eigenvalue weighted by atomic mass is 16.6. The number of phenols is 1. The van der Waals surface area contributed by atoms with Gasteiger partial charge in [-0.3, -0.25) is 0 Å². The molecular weight excluding hydrogens is 296 g/mol. The Hall–Kier alpha value is -1.95. The van der Waals surface area contributed by atoms with E-state index in [9.17, 15) is 9.90 Å². The van der Waals surface area contributed by atoms with E-state index in [4.69, 9.17) is 9.47 Å². The molecule has 130 valence electrons. The van der Waals surface area contributed by atoms with Crippen molar-refractivity contribution in [1.29, 1.82) is 0 Å². The van der Waals surface area contributed by atoms with Gasteiger partial charge in [0.2, 0.25) is 0 Å². The van der Waals surface area contributed by atoms with Crippen LogP contribution >= 0.6 is 0 Å².